The maximum atomic E-state index is 14.0. The van der Waals surface area contributed by atoms with Crippen molar-refractivity contribution >= 4 is 48.7 Å². The number of ether oxygens (including phenoxy) is 1. The number of aromatic amines is 1. The molecule has 10 nitrogen and oxygen atoms in total. The Morgan fingerprint density at radius 3 is 2.40 bits per heavy atom. The number of carbonyl (C=O) groups is 1. The molecule has 4 rings (SSSR count). The van der Waals surface area contributed by atoms with Crippen molar-refractivity contribution < 1.29 is 35.1 Å². The number of nitrogens with one attached hydrogen (secondary N) is 3. The zero-order chi connectivity index (χ0) is 29.2. The van der Waals surface area contributed by atoms with Gasteiger partial charge in [0.25, 0.3) is 5.91 Å². The second-order valence-electron chi connectivity index (χ2n) is 8.72. The van der Waals surface area contributed by atoms with E-state index in [-0.39, 0.29) is 56.2 Å². The van der Waals surface area contributed by atoms with E-state index in [1.807, 2.05) is 0 Å². The van der Waals surface area contributed by atoms with E-state index in [0.29, 0.717) is 0 Å². The molecule has 0 spiro atoms. The van der Waals surface area contributed by atoms with Gasteiger partial charge in [-0.15, -0.1) is 0 Å². The second-order valence-corrected chi connectivity index (χ2v) is 12.9. The van der Waals surface area contributed by atoms with Crippen molar-refractivity contribution in [3.63, 3.8) is 0 Å². The number of nitrogens with zero attached hydrogens (tertiary/aromatic N) is 1. The Bertz CT molecular complexity index is 1830. The van der Waals surface area contributed by atoms with E-state index in [9.17, 15) is 30.4 Å². The molecule has 210 valence electrons. The van der Waals surface area contributed by atoms with Gasteiger partial charge in [0.05, 0.1) is 34.3 Å². The molecule has 0 aliphatic rings. The third kappa shape index (κ3) is 7.55. The van der Waals surface area contributed by atoms with Crippen molar-refractivity contribution in [3.05, 3.63) is 88.7 Å². The normalized spacial score (nSPS) is 11.7. The molecule has 2 aromatic carbocycles. The number of amides is 1. The number of rotatable bonds is 9. The number of benzene rings is 2. The Hall–Kier alpha value is -4.01. The molecule has 4 aromatic rings. The summed E-state index contributed by atoms with van der Waals surface area (Å²) in [5.74, 6) is -2.13. The molecule has 0 atom stereocenters. The lowest BCUT2D eigenvalue weighted by molar-refractivity contribution is 0.102. The minimum absolute atomic E-state index is 0.0506. The third-order valence-electron chi connectivity index (χ3n) is 5.23. The first-order valence-electron chi connectivity index (χ1n) is 11.2. The number of aromatic nitrogens is 2. The first-order valence-corrected chi connectivity index (χ1v) is 15.4. The van der Waals surface area contributed by atoms with Crippen LogP contribution in [0.3, 0.4) is 0 Å². The van der Waals surface area contributed by atoms with Gasteiger partial charge in [-0.3, -0.25) is 9.52 Å². The van der Waals surface area contributed by atoms with Gasteiger partial charge >= 0.3 is 0 Å². The van der Waals surface area contributed by atoms with Crippen LogP contribution in [0.5, 0.6) is 5.75 Å². The summed E-state index contributed by atoms with van der Waals surface area (Å²) in [4.78, 5) is 19.5. The number of pyridine rings is 1. The van der Waals surface area contributed by atoms with E-state index in [1.165, 1.54) is 36.5 Å². The summed E-state index contributed by atoms with van der Waals surface area (Å²) in [5.41, 5.74) is 1.11. The van der Waals surface area contributed by atoms with Gasteiger partial charge in [0.1, 0.15) is 23.9 Å². The van der Waals surface area contributed by atoms with Crippen molar-refractivity contribution in [2.45, 2.75) is 11.5 Å². The fourth-order valence-corrected chi connectivity index (χ4v) is 5.09. The van der Waals surface area contributed by atoms with Crippen molar-refractivity contribution in [3.8, 4) is 17.1 Å². The van der Waals surface area contributed by atoms with Gasteiger partial charge in [0.2, 0.25) is 10.0 Å². The zero-order valence-electron chi connectivity index (χ0n) is 20.8. The second kappa shape index (κ2) is 11.2. The average Bonchev–Trinajstić information content (AvgIpc) is 3.31. The molecule has 3 N–H and O–H groups in total. The third-order valence-corrected chi connectivity index (χ3v) is 7.15. The van der Waals surface area contributed by atoms with E-state index in [2.05, 4.69) is 20.0 Å². The molecule has 1 amide bonds. The first kappa shape index (κ1) is 29.0. The molecule has 15 heteroatoms. The molecule has 0 saturated heterocycles. The molecule has 0 aliphatic carbocycles. The Morgan fingerprint density at radius 1 is 0.975 bits per heavy atom. The monoisotopic (exact) mass is 610 g/mol. The summed E-state index contributed by atoms with van der Waals surface area (Å²) in [6, 6.07) is 9.86. The molecule has 0 fully saturated rings. The maximum Gasteiger partial charge on any atom is 0.257 e. The van der Waals surface area contributed by atoms with Gasteiger partial charge in [-0.2, -0.15) is 0 Å². The van der Waals surface area contributed by atoms with Crippen LogP contribution in [-0.2, 0) is 26.5 Å². The highest BCUT2D eigenvalue weighted by Gasteiger charge is 2.17. The van der Waals surface area contributed by atoms with Crippen LogP contribution in [0.15, 0.2) is 65.8 Å². The lowest BCUT2D eigenvalue weighted by Crippen LogP contribution is -2.12. The van der Waals surface area contributed by atoms with Crippen LogP contribution in [0.1, 0.15) is 15.9 Å². The van der Waals surface area contributed by atoms with Gasteiger partial charge in [-0.1, -0.05) is 11.6 Å². The molecule has 40 heavy (non-hydrogen) atoms. The Balaban J connectivity index is 1.55. The summed E-state index contributed by atoms with van der Waals surface area (Å²) in [5, 5.41) is 2.79. The highest BCUT2D eigenvalue weighted by atomic mass is 35.5. The number of H-pyrrole nitrogens is 1. The maximum absolute atomic E-state index is 14.0. The lowest BCUT2D eigenvalue weighted by atomic mass is 10.2. The number of sulfone groups is 1. The van der Waals surface area contributed by atoms with Crippen molar-refractivity contribution in [1.82, 2.24) is 9.97 Å². The average molecular weight is 611 g/mol. The molecule has 2 aromatic heterocycles. The summed E-state index contributed by atoms with van der Waals surface area (Å²) >= 11 is 6.04. The predicted octanol–water partition coefficient (Wildman–Crippen LogP) is 4.61. The van der Waals surface area contributed by atoms with E-state index >= 15 is 0 Å². The van der Waals surface area contributed by atoms with Crippen LogP contribution < -0.4 is 14.8 Å². The number of halogens is 3. The fourth-order valence-electron chi connectivity index (χ4n) is 3.61. The van der Waals surface area contributed by atoms with E-state index in [0.717, 1.165) is 36.9 Å². The predicted molar refractivity (Wildman–Crippen MR) is 146 cm³/mol. The first-order chi connectivity index (χ1) is 18.7. The molecule has 0 saturated carbocycles. The minimum atomic E-state index is -3.68. The number of hydrogen-bond acceptors (Lipinski definition) is 7. The van der Waals surface area contributed by atoms with Crippen LogP contribution in [-0.4, -0.2) is 45.2 Å². The summed E-state index contributed by atoms with van der Waals surface area (Å²) < 4.78 is 82.6. The number of sulfonamides is 1. The number of anilines is 2. The van der Waals surface area contributed by atoms with Gasteiger partial charge < -0.3 is 15.0 Å². The SMILES string of the molecule is CS(=O)(=O)Nc1cc(Cl)cc(NC(=O)c2c[nH]c(-c3ncc(F)cc3OCc3cc(F)cc(S(C)(=O)=O)c3)c2)c1. The Labute approximate surface area is 233 Å². The molecule has 0 radical (unpaired) electrons. The largest absolute Gasteiger partial charge is 0.486 e. The Morgan fingerprint density at radius 2 is 1.70 bits per heavy atom. The summed E-state index contributed by atoms with van der Waals surface area (Å²) in [6.45, 7) is -0.301. The van der Waals surface area contributed by atoms with Crippen LogP contribution in [0, 0.1) is 11.6 Å². The highest BCUT2D eigenvalue weighted by molar-refractivity contribution is 7.92. The van der Waals surface area contributed by atoms with E-state index in [4.69, 9.17) is 16.3 Å². The number of carbonyl (C=O) groups excluding carboxylic acids is 1. The van der Waals surface area contributed by atoms with Crippen LogP contribution in [0.4, 0.5) is 20.2 Å². The van der Waals surface area contributed by atoms with Crippen molar-refractivity contribution in [1.29, 1.82) is 0 Å². The Kier molecular flexibility index (Phi) is 8.14. The van der Waals surface area contributed by atoms with Crippen molar-refractivity contribution in [2.75, 3.05) is 22.6 Å². The van der Waals surface area contributed by atoms with E-state index < -0.39 is 37.4 Å². The fraction of sp³-hybridized carbons (Fsp3) is 0.120. The molecular weight excluding hydrogens is 590 g/mol. The van der Waals surface area contributed by atoms with Gasteiger partial charge in [-0.05, 0) is 48.0 Å². The highest BCUT2D eigenvalue weighted by Crippen LogP contribution is 2.30. The van der Waals surface area contributed by atoms with Crippen LogP contribution in [0.25, 0.3) is 11.4 Å². The molecule has 0 unspecified atom stereocenters. The van der Waals surface area contributed by atoms with E-state index in [1.54, 1.807) is 0 Å². The summed E-state index contributed by atoms with van der Waals surface area (Å²) in [7, 11) is -7.25. The van der Waals surface area contributed by atoms with Gasteiger partial charge in [0.15, 0.2) is 15.6 Å². The lowest BCUT2D eigenvalue weighted by Gasteiger charge is -2.11. The zero-order valence-corrected chi connectivity index (χ0v) is 23.2. The van der Waals surface area contributed by atoms with Crippen LogP contribution in [0.2, 0.25) is 5.02 Å². The quantitative estimate of drug-likeness (QED) is 0.251. The topological polar surface area (TPSA) is 147 Å². The molecular formula is C25H21ClF2N4O6S2. The standard InChI is InChI=1S/C25H21ClF2N4O6S2/c1-39(34,35)21-4-14(3-17(27)8-21)13-38-23-9-18(28)12-30-24(23)22-5-15(11-29-22)25(33)31-19-6-16(26)7-20(10-19)32-40(2,36)37/h3-12,29,32H,13H2,1-2H3,(H,31,33). The molecule has 0 bridgehead atoms. The smallest absolute Gasteiger partial charge is 0.257 e. The number of hydrogen-bond donors (Lipinski definition) is 3. The van der Waals surface area contributed by atoms with Crippen molar-refractivity contribution in [2.24, 2.45) is 0 Å². The van der Waals surface area contributed by atoms with Gasteiger partial charge in [0, 0.05) is 29.2 Å². The summed E-state index contributed by atoms with van der Waals surface area (Å²) in [6.07, 6.45) is 4.22. The molecule has 2 heterocycles. The minimum Gasteiger partial charge on any atom is -0.486 e. The van der Waals surface area contributed by atoms with Gasteiger partial charge in [-0.25, -0.2) is 30.6 Å². The van der Waals surface area contributed by atoms with Crippen LogP contribution >= 0.6 is 11.6 Å². The molecule has 0 aliphatic heterocycles.